The summed E-state index contributed by atoms with van der Waals surface area (Å²) < 4.78 is 5.49. The molecule has 6 aromatic rings. The number of anilines is 2. The Bertz CT molecular complexity index is 2350. The summed E-state index contributed by atoms with van der Waals surface area (Å²) in [6.45, 7) is 6.32. The summed E-state index contributed by atoms with van der Waals surface area (Å²) in [6.07, 6.45) is 12.9. The van der Waals surface area contributed by atoms with E-state index in [-0.39, 0.29) is 11.8 Å². The third kappa shape index (κ3) is 11.1. The molecule has 0 amide bonds. The van der Waals surface area contributed by atoms with Gasteiger partial charge in [0.05, 0.1) is 18.2 Å². The Hall–Kier alpha value is -6.45. The molecule has 0 aliphatic carbocycles. The van der Waals surface area contributed by atoms with Crippen molar-refractivity contribution in [1.29, 1.82) is 0 Å². The standard InChI is InChI=1S/C15H15N3O2.C14H13N3O2.C11H13NO.C4H3BrN2/c1-20-14(19)12-5-2-4-11-6-9-18(10-13(11)12)15-16-7-3-8-17-15;18-13(19)11-4-1-3-10-5-8-17(9-12(10)11)14-15-6-2-7-16-14;1-8(13)10-4-2-3-9-5-6-12-7-11(9)10;5-4-6-2-1-3-7-4/h2-5,7-8H,6,9-10H2,1H3;1-4,6-7H,5,8-9H2,(H,18,19);2-4,12H,5-7H2,1H3;1-3H. The third-order valence-corrected chi connectivity index (χ3v) is 10.3. The van der Waals surface area contributed by atoms with Crippen molar-refractivity contribution in [1.82, 2.24) is 35.2 Å². The number of esters is 1. The predicted octanol–water partition coefficient (Wildman–Crippen LogP) is 6.34. The molecule has 3 aliphatic heterocycles. The van der Waals surface area contributed by atoms with E-state index in [9.17, 15) is 19.5 Å². The summed E-state index contributed by atoms with van der Waals surface area (Å²) in [5.74, 6) is 0.331. The van der Waals surface area contributed by atoms with Crippen molar-refractivity contribution < 1.29 is 24.2 Å². The molecule has 302 valence electrons. The fourth-order valence-corrected chi connectivity index (χ4v) is 7.28. The maximum atomic E-state index is 11.9. The van der Waals surface area contributed by atoms with Crippen LogP contribution in [0.15, 0.2) is 115 Å². The third-order valence-electron chi connectivity index (χ3n) is 9.91. The molecule has 3 aromatic heterocycles. The number of halogens is 1. The van der Waals surface area contributed by atoms with Crippen molar-refractivity contribution in [2.75, 3.05) is 36.5 Å². The number of nitrogens with zero attached hydrogens (tertiary/aromatic N) is 8. The first-order valence-corrected chi connectivity index (χ1v) is 19.8. The van der Waals surface area contributed by atoms with Crippen molar-refractivity contribution in [3.05, 3.63) is 165 Å². The van der Waals surface area contributed by atoms with E-state index < -0.39 is 5.97 Å². The zero-order valence-corrected chi connectivity index (χ0v) is 34.4. The molecule has 15 heteroatoms. The number of nitrogens with one attached hydrogen (secondary N) is 1. The number of methoxy groups -OCH3 is 1. The van der Waals surface area contributed by atoms with Gasteiger partial charge >= 0.3 is 11.9 Å². The second kappa shape index (κ2) is 20.8. The van der Waals surface area contributed by atoms with Gasteiger partial charge in [-0.25, -0.2) is 39.5 Å². The van der Waals surface area contributed by atoms with Crippen molar-refractivity contribution >= 4 is 45.5 Å². The van der Waals surface area contributed by atoms with Gasteiger partial charge in [-0.2, -0.15) is 0 Å². The number of hydrogen-bond donors (Lipinski definition) is 2. The van der Waals surface area contributed by atoms with Crippen LogP contribution in [0.1, 0.15) is 71.4 Å². The second-order valence-electron chi connectivity index (χ2n) is 13.6. The van der Waals surface area contributed by atoms with E-state index in [0.29, 0.717) is 40.8 Å². The maximum absolute atomic E-state index is 11.9. The van der Waals surface area contributed by atoms with Gasteiger partial charge in [-0.1, -0.05) is 42.5 Å². The van der Waals surface area contributed by atoms with E-state index in [2.05, 4.69) is 68.2 Å². The molecular weight excluding hydrogens is 814 g/mol. The minimum Gasteiger partial charge on any atom is -0.478 e. The monoisotopic (exact) mass is 857 g/mol. The Morgan fingerprint density at radius 1 is 0.627 bits per heavy atom. The minimum absolute atomic E-state index is 0.167. The van der Waals surface area contributed by atoms with Gasteiger partial charge in [-0.15, -0.1) is 0 Å². The fraction of sp³-hybridized carbons (Fsp3) is 0.250. The van der Waals surface area contributed by atoms with Crippen molar-refractivity contribution in [3.63, 3.8) is 0 Å². The molecule has 2 N–H and O–H groups in total. The normalized spacial score (nSPS) is 13.5. The molecule has 0 unspecified atom stereocenters. The average molecular weight is 859 g/mol. The number of benzene rings is 3. The van der Waals surface area contributed by atoms with E-state index in [1.54, 1.807) is 80.5 Å². The molecule has 0 atom stereocenters. The lowest BCUT2D eigenvalue weighted by atomic mass is 9.94. The lowest BCUT2D eigenvalue weighted by molar-refractivity contribution is 0.0598. The van der Waals surface area contributed by atoms with Gasteiger partial charge in [-0.3, -0.25) is 4.79 Å². The van der Waals surface area contributed by atoms with Gasteiger partial charge in [0, 0.05) is 75.5 Å². The van der Waals surface area contributed by atoms with Crippen LogP contribution < -0.4 is 15.1 Å². The number of carbonyl (C=O) groups excluding carboxylic acids is 2. The highest BCUT2D eigenvalue weighted by Crippen LogP contribution is 2.26. The largest absolute Gasteiger partial charge is 0.478 e. The summed E-state index contributed by atoms with van der Waals surface area (Å²) >= 11 is 3.09. The number of ether oxygens (including phenoxy) is 1. The second-order valence-corrected chi connectivity index (χ2v) is 14.3. The van der Waals surface area contributed by atoms with Crippen LogP contribution in [0.4, 0.5) is 11.9 Å². The molecule has 0 radical (unpaired) electrons. The predicted molar refractivity (Wildman–Crippen MR) is 226 cm³/mol. The first-order chi connectivity index (χ1) is 28.7. The first kappa shape index (κ1) is 42.2. The topological polar surface area (TPSA) is 177 Å². The van der Waals surface area contributed by atoms with Gasteiger partial charge < -0.3 is 25.0 Å². The van der Waals surface area contributed by atoms with Gasteiger partial charge in [0.25, 0.3) is 0 Å². The summed E-state index contributed by atoms with van der Waals surface area (Å²) in [5.41, 5.74) is 8.58. The molecule has 6 heterocycles. The molecule has 59 heavy (non-hydrogen) atoms. The van der Waals surface area contributed by atoms with E-state index in [1.165, 1.54) is 23.8 Å². The molecule has 9 rings (SSSR count). The molecule has 14 nitrogen and oxygen atoms in total. The zero-order valence-electron chi connectivity index (χ0n) is 32.8. The van der Waals surface area contributed by atoms with E-state index in [0.717, 1.165) is 67.7 Å². The smallest absolute Gasteiger partial charge is 0.338 e. The molecular formula is C44H44BrN9O5. The molecule has 3 aromatic carbocycles. The minimum atomic E-state index is -0.882. The number of aromatic nitrogens is 6. The summed E-state index contributed by atoms with van der Waals surface area (Å²) in [6, 6.07) is 22.5. The summed E-state index contributed by atoms with van der Waals surface area (Å²) in [7, 11) is 1.41. The van der Waals surface area contributed by atoms with Crippen LogP contribution >= 0.6 is 15.9 Å². The van der Waals surface area contributed by atoms with Crippen LogP contribution in [0.25, 0.3) is 0 Å². The zero-order chi connectivity index (χ0) is 41.6. The van der Waals surface area contributed by atoms with Crippen LogP contribution in [0, 0.1) is 0 Å². The van der Waals surface area contributed by atoms with Gasteiger partial charge in [-0.05, 0) is 112 Å². The SMILES string of the molecule is Brc1ncccn1.CC(=O)c1cccc2c1CNCC2.COC(=O)c1cccc2c1CN(c1ncccn1)CC2.O=C(O)c1cccc2c1CN(c1ncccn1)CC2. The number of hydrogen-bond acceptors (Lipinski definition) is 13. The Morgan fingerprint density at radius 2 is 1.08 bits per heavy atom. The molecule has 3 aliphatic rings. The number of fused-ring (bicyclic) bond motifs is 3. The number of carboxylic acids is 1. The van der Waals surface area contributed by atoms with E-state index in [1.807, 2.05) is 29.2 Å². The van der Waals surface area contributed by atoms with Gasteiger partial charge in [0.2, 0.25) is 11.9 Å². The van der Waals surface area contributed by atoms with Crippen molar-refractivity contribution in [3.8, 4) is 0 Å². The highest BCUT2D eigenvalue weighted by atomic mass is 79.9. The van der Waals surface area contributed by atoms with Crippen LogP contribution in [-0.4, -0.2) is 79.5 Å². The number of ketones is 1. The van der Waals surface area contributed by atoms with E-state index in [4.69, 9.17) is 4.74 Å². The molecule has 0 bridgehead atoms. The molecule has 0 fully saturated rings. The molecule has 0 saturated heterocycles. The Morgan fingerprint density at radius 3 is 1.54 bits per heavy atom. The lowest BCUT2D eigenvalue weighted by Crippen LogP contribution is -2.33. The number of carbonyl (C=O) groups is 3. The highest BCUT2D eigenvalue weighted by Gasteiger charge is 2.24. The number of rotatable bonds is 5. The van der Waals surface area contributed by atoms with Crippen LogP contribution in [-0.2, 0) is 43.6 Å². The molecule has 0 spiro atoms. The van der Waals surface area contributed by atoms with Gasteiger partial charge in [0.15, 0.2) is 10.5 Å². The highest BCUT2D eigenvalue weighted by molar-refractivity contribution is 9.10. The Labute approximate surface area is 350 Å². The average Bonchev–Trinajstić information content (AvgIpc) is 3.29. The maximum Gasteiger partial charge on any atom is 0.338 e. The quantitative estimate of drug-likeness (QED) is 0.112. The van der Waals surface area contributed by atoms with Gasteiger partial charge in [0.1, 0.15) is 0 Å². The Kier molecular flexibility index (Phi) is 14.9. The molecule has 0 saturated carbocycles. The Balaban J connectivity index is 0.000000140. The number of carboxylic acid groups (broad SMARTS) is 1. The van der Waals surface area contributed by atoms with Crippen LogP contribution in [0.3, 0.4) is 0 Å². The van der Waals surface area contributed by atoms with Crippen molar-refractivity contribution in [2.24, 2.45) is 0 Å². The first-order valence-electron chi connectivity index (χ1n) is 19.1. The fourth-order valence-electron chi connectivity index (χ4n) is 7.04. The summed E-state index contributed by atoms with van der Waals surface area (Å²) in [5, 5.41) is 12.5. The number of aromatic carboxylic acids is 1. The lowest BCUT2D eigenvalue weighted by Gasteiger charge is -2.29. The summed E-state index contributed by atoms with van der Waals surface area (Å²) in [4.78, 5) is 63.0. The van der Waals surface area contributed by atoms with Crippen LogP contribution in [0.2, 0.25) is 0 Å². The van der Waals surface area contributed by atoms with Crippen molar-refractivity contribution in [2.45, 2.75) is 45.8 Å². The van der Waals surface area contributed by atoms with Crippen LogP contribution in [0.5, 0.6) is 0 Å². The van der Waals surface area contributed by atoms with E-state index >= 15 is 0 Å². The number of Topliss-reactive ketones (excluding diaryl/α,β-unsaturated/α-hetero) is 1.